The highest BCUT2D eigenvalue weighted by molar-refractivity contribution is 6.03. The summed E-state index contributed by atoms with van der Waals surface area (Å²) >= 11 is 0. The summed E-state index contributed by atoms with van der Waals surface area (Å²) in [5.41, 5.74) is 8.01. The van der Waals surface area contributed by atoms with Crippen molar-refractivity contribution in [2.45, 2.75) is 38.1 Å². The highest BCUT2D eigenvalue weighted by Crippen LogP contribution is 2.37. The van der Waals surface area contributed by atoms with E-state index in [1.807, 2.05) is 0 Å². The Hall–Kier alpha value is -2.87. The van der Waals surface area contributed by atoms with Gasteiger partial charge < -0.3 is 0 Å². The fraction of sp³-hybridized carbons (Fsp3) is 0.240. The van der Waals surface area contributed by atoms with Crippen LogP contribution in [0.5, 0.6) is 0 Å². The van der Waals surface area contributed by atoms with Crippen LogP contribution in [-0.2, 0) is 12.8 Å². The van der Waals surface area contributed by atoms with Gasteiger partial charge in [-0.1, -0.05) is 60.7 Å². The fourth-order valence-corrected chi connectivity index (χ4v) is 4.35. The summed E-state index contributed by atoms with van der Waals surface area (Å²) in [6.07, 6.45) is 6.01. The molecule has 0 saturated heterocycles. The van der Waals surface area contributed by atoms with Crippen molar-refractivity contribution in [2.24, 2.45) is 5.10 Å². The third-order valence-corrected chi connectivity index (χ3v) is 5.80. The largest absolute Gasteiger partial charge is 0.257 e. The van der Waals surface area contributed by atoms with Crippen molar-refractivity contribution in [3.05, 3.63) is 101 Å². The van der Waals surface area contributed by atoms with Crippen LogP contribution >= 0.6 is 0 Å². The van der Waals surface area contributed by atoms with E-state index in [1.165, 1.54) is 53.6 Å². The van der Waals surface area contributed by atoms with Crippen molar-refractivity contribution in [1.82, 2.24) is 0 Å². The molecule has 27 heavy (non-hydrogen) atoms. The summed E-state index contributed by atoms with van der Waals surface area (Å²) in [5, 5.41) is 7.28. The van der Waals surface area contributed by atoms with Crippen LogP contribution in [0.2, 0.25) is 0 Å². The number of rotatable bonds is 3. The first-order chi connectivity index (χ1) is 13.4. The van der Waals surface area contributed by atoms with E-state index >= 15 is 0 Å². The monoisotopic (exact) mass is 352 g/mol. The molecule has 1 atom stereocenters. The predicted octanol–water partition coefficient (Wildman–Crippen LogP) is 5.92. The Labute approximate surface area is 161 Å². The molecular weight excluding hydrogens is 328 g/mol. The Morgan fingerprint density at radius 3 is 2.22 bits per heavy atom. The molecule has 0 fully saturated rings. The van der Waals surface area contributed by atoms with Crippen molar-refractivity contribution < 1.29 is 0 Å². The summed E-state index contributed by atoms with van der Waals surface area (Å²) in [7, 11) is 0. The first-order valence-electron chi connectivity index (χ1n) is 9.97. The number of hydrogen-bond acceptors (Lipinski definition) is 2. The number of nitrogens with zero attached hydrogens (tertiary/aromatic N) is 2. The molecule has 0 N–H and O–H groups in total. The Bertz CT molecular complexity index is 960. The van der Waals surface area contributed by atoms with Crippen LogP contribution in [0, 0.1) is 0 Å². The summed E-state index contributed by atoms with van der Waals surface area (Å²) in [4.78, 5) is 0. The second-order valence-electron chi connectivity index (χ2n) is 7.55. The lowest BCUT2D eigenvalue weighted by molar-refractivity contribution is 0.685. The summed E-state index contributed by atoms with van der Waals surface area (Å²) in [6, 6.07) is 28.5. The minimum Gasteiger partial charge on any atom is -0.257 e. The van der Waals surface area contributed by atoms with Crippen molar-refractivity contribution in [1.29, 1.82) is 0 Å². The molecule has 0 spiro atoms. The Morgan fingerprint density at radius 2 is 1.44 bits per heavy atom. The van der Waals surface area contributed by atoms with E-state index in [-0.39, 0.29) is 6.04 Å². The molecule has 5 rings (SSSR count). The van der Waals surface area contributed by atoms with Gasteiger partial charge in [0.25, 0.3) is 0 Å². The molecule has 2 nitrogen and oxygen atoms in total. The predicted molar refractivity (Wildman–Crippen MR) is 112 cm³/mol. The van der Waals surface area contributed by atoms with Gasteiger partial charge in [0.2, 0.25) is 0 Å². The zero-order valence-corrected chi connectivity index (χ0v) is 15.5. The van der Waals surface area contributed by atoms with Crippen molar-refractivity contribution in [2.75, 3.05) is 5.01 Å². The zero-order valence-electron chi connectivity index (χ0n) is 15.5. The molecule has 0 aromatic heterocycles. The lowest BCUT2D eigenvalue weighted by Gasteiger charge is -2.23. The molecule has 2 aliphatic rings. The molecule has 0 saturated carbocycles. The zero-order chi connectivity index (χ0) is 18.1. The van der Waals surface area contributed by atoms with Crippen LogP contribution in [0.3, 0.4) is 0 Å². The maximum absolute atomic E-state index is 5.09. The molecular formula is C25H24N2. The second-order valence-corrected chi connectivity index (χ2v) is 7.55. The average molecular weight is 352 g/mol. The summed E-state index contributed by atoms with van der Waals surface area (Å²) in [5.74, 6) is 0. The SMILES string of the molecule is c1ccc([C@H]2CC(c3ccc4c(c3)CCCC4)=NN2c2ccccc2)cc1. The van der Waals surface area contributed by atoms with E-state index in [1.54, 1.807) is 0 Å². The number of benzene rings is 3. The maximum atomic E-state index is 5.09. The van der Waals surface area contributed by atoms with E-state index in [0.29, 0.717) is 0 Å². The van der Waals surface area contributed by atoms with Gasteiger partial charge >= 0.3 is 0 Å². The quantitative estimate of drug-likeness (QED) is 0.571. The molecule has 3 aromatic rings. The fourth-order valence-electron chi connectivity index (χ4n) is 4.35. The van der Waals surface area contributed by atoms with Gasteiger partial charge in [-0.25, -0.2) is 0 Å². The van der Waals surface area contributed by atoms with E-state index in [0.717, 1.165) is 12.1 Å². The van der Waals surface area contributed by atoms with Crippen LogP contribution in [0.15, 0.2) is 84.0 Å². The van der Waals surface area contributed by atoms with E-state index in [2.05, 4.69) is 83.9 Å². The lowest BCUT2D eigenvalue weighted by atomic mass is 9.89. The van der Waals surface area contributed by atoms with Gasteiger partial charge in [0.15, 0.2) is 0 Å². The number of para-hydroxylation sites is 1. The summed E-state index contributed by atoms with van der Waals surface area (Å²) in [6.45, 7) is 0. The smallest absolute Gasteiger partial charge is 0.0831 e. The third kappa shape index (κ3) is 3.16. The van der Waals surface area contributed by atoms with Crippen LogP contribution in [0.4, 0.5) is 5.69 Å². The molecule has 1 heterocycles. The molecule has 0 bridgehead atoms. The molecule has 1 aliphatic carbocycles. The highest BCUT2D eigenvalue weighted by atomic mass is 15.5. The summed E-state index contributed by atoms with van der Waals surface area (Å²) < 4.78 is 0. The van der Waals surface area contributed by atoms with Crippen LogP contribution < -0.4 is 5.01 Å². The minimum absolute atomic E-state index is 0.250. The first kappa shape index (κ1) is 16.3. The van der Waals surface area contributed by atoms with Crippen LogP contribution in [0.25, 0.3) is 0 Å². The molecule has 0 unspecified atom stereocenters. The van der Waals surface area contributed by atoms with E-state index in [4.69, 9.17) is 5.10 Å². The van der Waals surface area contributed by atoms with E-state index in [9.17, 15) is 0 Å². The maximum Gasteiger partial charge on any atom is 0.0831 e. The number of anilines is 1. The van der Waals surface area contributed by atoms with Crippen molar-refractivity contribution in [3.8, 4) is 0 Å². The van der Waals surface area contributed by atoms with Crippen molar-refractivity contribution in [3.63, 3.8) is 0 Å². The number of hydrazone groups is 1. The molecule has 0 amide bonds. The molecule has 1 aliphatic heterocycles. The third-order valence-electron chi connectivity index (χ3n) is 5.80. The van der Waals surface area contributed by atoms with Crippen LogP contribution in [0.1, 0.15) is 47.6 Å². The van der Waals surface area contributed by atoms with Gasteiger partial charge in [0.05, 0.1) is 17.4 Å². The molecule has 2 heteroatoms. The van der Waals surface area contributed by atoms with Gasteiger partial charge in [0, 0.05) is 6.42 Å². The molecule has 3 aromatic carbocycles. The van der Waals surface area contributed by atoms with Gasteiger partial charge in [-0.3, -0.25) is 5.01 Å². The standard InChI is InChI=1S/C25H24N2/c1-3-10-20(11-4-1)25-18-24(26-27(25)23-13-5-2-6-14-23)22-16-15-19-9-7-8-12-21(19)17-22/h1-6,10-11,13-17,25H,7-9,12,18H2/t25-/m1/s1. The van der Waals surface area contributed by atoms with Gasteiger partial charge in [-0.15, -0.1) is 0 Å². The highest BCUT2D eigenvalue weighted by Gasteiger charge is 2.30. The number of fused-ring (bicyclic) bond motifs is 1. The molecule has 0 radical (unpaired) electrons. The van der Waals surface area contributed by atoms with Crippen molar-refractivity contribution >= 4 is 11.4 Å². The van der Waals surface area contributed by atoms with Gasteiger partial charge in [-0.2, -0.15) is 5.10 Å². The van der Waals surface area contributed by atoms with E-state index < -0.39 is 0 Å². The first-order valence-corrected chi connectivity index (χ1v) is 9.97. The average Bonchev–Trinajstić information content (AvgIpc) is 3.20. The van der Waals surface area contributed by atoms with Gasteiger partial charge in [-0.05, 0) is 66.1 Å². The minimum atomic E-state index is 0.250. The Morgan fingerprint density at radius 1 is 0.741 bits per heavy atom. The second kappa shape index (κ2) is 7.03. The molecule has 134 valence electrons. The Balaban J connectivity index is 1.53. The topological polar surface area (TPSA) is 15.6 Å². The number of hydrogen-bond donors (Lipinski definition) is 0. The normalized spacial score (nSPS) is 18.9. The Kier molecular flexibility index (Phi) is 4.25. The van der Waals surface area contributed by atoms with Crippen LogP contribution in [-0.4, -0.2) is 5.71 Å². The number of aryl methyl sites for hydroxylation is 2. The lowest BCUT2D eigenvalue weighted by Crippen LogP contribution is -2.18. The van der Waals surface area contributed by atoms with Gasteiger partial charge in [0.1, 0.15) is 0 Å².